The van der Waals surface area contributed by atoms with Crippen LogP contribution in [0.3, 0.4) is 0 Å². The average molecular weight is 249 g/mol. The molecular formula is C11H11N3O2S. The summed E-state index contributed by atoms with van der Waals surface area (Å²) >= 11 is 0. The van der Waals surface area contributed by atoms with Crippen LogP contribution in [0.4, 0.5) is 0 Å². The standard InChI is InChI=1S/C11H11N3O2S/c12-17(15,16)11(9-5-1-3-7-13-9)10-6-2-4-8-14-10/h1-8,11H,(H2,12,15,16). The third kappa shape index (κ3) is 2.66. The maximum atomic E-state index is 11.6. The van der Waals surface area contributed by atoms with Gasteiger partial charge in [-0.3, -0.25) is 9.97 Å². The Labute approximate surface area is 99.4 Å². The zero-order valence-corrected chi connectivity index (χ0v) is 9.71. The minimum Gasteiger partial charge on any atom is -0.259 e. The summed E-state index contributed by atoms with van der Waals surface area (Å²) in [5, 5.41) is 4.21. The lowest BCUT2D eigenvalue weighted by Crippen LogP contribution is -2.24. The van der Waals surface area contributed by atoms with Gasteiger partial charge in [-0.2, -0.15) is 0 Å². The van der Waals surface area contributed by atoms with E-state index in [1.807, 2.05) is 0 Å². The van der Waals surface area contributed by atoms with Crippen LogP contribution in [0.25, 0.3) is 0 Å². The zero-order valence-electron chi connectivity index (χ0n) is 8.89. The number of aromatic nitrogens is 2. The highest BCUT2D eigenvalue weighted by Crippen LogP contribution is 2.24. The first-order valence-electron chi connectivity index (χ1n) is 4.92. The number of primary sulfonamides is 1. The Hall–Kier alpha value is -1.79. The smallest absolute Gasteiger partial charge is 0.223 e. The molecule has 0 atom stereocenters. The Balaban J connectivity index is 2.56. The maximum absolute atomic E-state index is 11.6. The Morgan fingerprint density at radius 3 is 1.71 bits per heavy atom. The van der Waals surface area contributed by atoms with E-state index in [0.29, 0.717) is 11.4 Å². The van der Waals surface area contributed by atoms with Crippen molar-refractivity contribution in [3.8, 4) is 0 Å². The molecule has 6 heteroatoms. The number of nitrogens with zero attached hydrogens (tertiary/aromatic N) is 2. The highest BCUT2D eigenvalue weighted by atomic mass is 32.2. The number of pyridine rings is 2. The van der Waals surface area contributed by atoms with Gasteiger partial charge in [0.2, 0.25) is 10.0 Å². The van der Waals surface area contributed by atoms with Crippen molar-refractivity contribution in [2.75, 3.05) is 0 Å². The molecule has 5 nitrogen and oxygen atoms in total. The second kappa shape index (κ2) is 4.60. The Morgan fingerprint density at radius 1 is 0.941 bits per heavy atom. The first-order valence-corrected chi connectivity index (χ1v) is 6.53. The van der Waals surface area contributed by atoms with E-state index >= 15 is 0 Å². The normalized spacial score (nSPS) is 11.6. The van der Waals surface area contributed by atoms with Crippen LogP contribution in [-0.4, -0.2) is 18.4 Å². The summed E-state index contributed by atoms with van der Waals surface area (Å²) in [4.78, 5) is 8.05. The van der Waals surface area contributed by atoms with E-state index in [-0.39, 0.29) is 0 Å². The molecule has 0 unspecified atom stereocenters. The van der Waals surface area contributed by atoms with Crippen LogP contribution in [0.2, 0.25) is 0 Å². The number of sulfonamides is 1. The average Bonchev–Trinajstić information content (AvgIpc) is 2.30. The molecule has 0 saturated carbocycles. The summed E-state index contributed by atoms with van der Waals surface area (Å²) in [6.45, 7) is 0. The van der Waals surface area contributed by atoms with Gasteiger partial charge in [-0.25, -0.2) is 13.6 Å². The van der Waals surface area contributed by atoms with E-state index in [9.17, 15) is 8.42 Å². The van der Waals surface area contributed by atoms with Gasteiger partial charge in [-0.1, -0.05) is 12.1 Å². The molecule has 0 fully saturated rings. The van der Waals surface area contributed by atoms with E-state index in [2.05, 4.69) is 9.97 Å². The molecular weight excluding hydrogens is 238 g/mol. The van der Waals surface area contributed by atoms with Gasteiger partial charge in [0.05, 0.1) is 11.4 Å². The summed E-state index contributed by atoms with van der Waals surface area (Å²) in [5.41, 5.74) is 0.738. The van der Waals surface area contributed by atoms with Crippen molar-refractivity contribution in [1.82, 2.24) is 9.97 Å². The van der Waals surface area contributed by atoms with Crippen LogP contribution in [-0.2, 0) is 10.0 Å². The van der Waals surface area contributed by atoms with E-state index in [1.165, 1.54) is 12.4 Å². The van der Waals surface area contributed by atoms with Crippen molar-refractivity contribution < 1.29 is 8.42 Å². The van der Waals surface area contributed by atoms with Crippen LogP contribution in [0.15, 0.2) is 48.8 Å². The van der Waals surface area contributed by atoms with Crippen molar-refractivity contribution in [1.29, 1.82) is 0 Å². The summed E-state index contributed by atoms with van der Waals surface area (Å²) in [5.74, 6) is 0. The molecule has 88 valence electrons. The lowest BCUT2D eigenvalue weighted by atomic mass is 10.2. The predicted molar refractivity (Wildman–Crippen MR) is 63.4 cm³/mol. The van der Waals surface area contributed by atoms with E-state index in [0.717, 1.165) is 0 Å². The topological polar surface area (TPSA) is 85.9 Å². The molecule has 2 N–H and O–H groups in total. The second-order valence-electron chi connectivity index (χ2n) is 3.48. The molecule has 0 aliphatic carbocycles. The highest BCUT2D eigenvalue weighted by molar-refractivity contribution is 7.89. The summed E-state index contributed by atoms with van der Waals surface area (Å²) in [7, 11) is -3.80. The van der Waals surface area contributed by atoms with Gasteiger partial charge < -0.3 is 0 Å². The molecule has 0 aromatic carbocycles. The summed E-state index contributed by atoms with van der Waals surface area (Å²) in [6, 6.07) is 10.1. The minimum absolute atomic E-state index is 0.369. The quantitative estimate of drug-likeness (QED) is 0.873. The molecule has 0 spiro atoms. The molecule has 0 amide bonds. The molecule has 2 heterocycles. The molecule has 0 radical (unpaired) electrons. The fraction of sp³-hybridized carbons (Fsp3) is 0.0909. The van der Waals surface area contributed by atoms with Crippen LogP contribution in [0.1, 0.15) is 16.6 Å². The monoisotopic (exact) mass is 249 g/mol. The molecule has 17 heavy (non-hydrogen) atoms. The molecule has 2 aromatic heterocycles. The lowest BCUT2D eigenvalue weighted by Gasteiger charge is -2.13. The van der Waals surface area contributed by atoms with Gasteiger partial charge in [0.25, 0.3) is 0 Å². The van der Waals surface area contributed by atoms with Gasteiger partial charge in [0.1, 0.15) is 0 Å². The number of rotatable bonds is 3. The van der Waals surface area contributed by atoms with Crippen LogP contribution >= 0.6 is 0 Å². The van der Waals surface area contributed by atoms with Gasteiger partial charge in [0.15, 0.2) is 5.25 Å². The van der Waals surface area contributed by atoms with E-state index in [4.69, 9.17) is 5.14 Å². The maximum Gasteiger partial charge on any atom is 0.223 e. The van der Waals surface area contributed by atoms with Crippen molar-refractivity contribution in [3.05, 3.63) is 60.2 Å². The fourth-order valence-corrected chi connectivity index (χ4v) is 2.50. The van der Waals surface area contributed by atoms with Crippen LogP contribution < -0.4 is 5.14 Å². The Kier molecular flexibility index (Phi) is 3.16. The van der Waals surface area contributed by atoms with Crippen LogP contribution in [0.5, 0.6) is 0 Å². The summed E-state index contributed by atoms with van der Waals surface area (Å²) < 4.78 is 23.3. The van der Waals surface area contributed by atoms with Crippen LogP contribution in [0, 0.1) is 0 Å². The first kappa shape index (κ1) is 11.7. The largest absolute Gasteiger partial charge is 0.259 e. The number of nitrogens with two attached hydrogens (primary N) is 1. The molecule has 0 saturated heterocycles. The van der Waals surface area contributed by atoms with E-state index < -0.39 is 15.3 Å². The van der Waals surface area contributed by atoms with Gasteiger partial charge in [-0.15, -0.1) is 0 Å². The van der Waals surface area contributed by atoms with Crippen molar-refractivity contribution in [2.45, 2.75) is 5.25 Å². The van der Waals surface area contributed by atoms with Crippen molar-refractivity contribution >= 4 is 10.0 Å². The molecule has 0 aliphatic heterocycles. The second-order valence-corrected chi connectivity index (χ2v) is 5.13. The molecule has 0 bridgehead atoms. The molecule has 2 aromatic rings. The summed E-state index contributed by atoms with van der Waals surface area (Å²) in [6.07, 6.45) is 3.05. The van der Waals surface area contributed by atoms with E-state index in [1.54, 1.807) is 36.4 Å². The Morgan fingerprint density at radius 2 is 1.41 bits per heavy atom. The number of hydrogen-bond donors (Lipinski definition) is 1. The number of hydrogen-bond acceptors (Lipinski definition) is 4. The minimum atomic E-state index is -3.80. The molecule has 2 rings (SSSR count). The molecule has 0 aliphatic rings. The predicted octanol–water partition coefficient (Wildman–Crippen LogP) is 0.855. The SMILES string of the molecule is NS(=O)(=O)C(c1ccccn1)c1ccccn1. The van der Waals surface area contributed by atoms with Gasteiger partial charge in [-0.05, 0) is 24.3 Å². The van der Waals surface area contributed by atoms with Crippen molar-refractivity contribution in [2.24, 2.45) is 5.14 Å². The van der Waals surface area contributed by atoms with Crippen molar-refractivity contribution in [3.63, 3.8) is 0 Å². The Bertz CT molecular complexity index is 545. The first-order chi connectivity index (χ1) is 8.09. The van der Waals surface area contributed by atoms with Gasteiger partial charge in [0, 0.05) is 12.4 Å². The fourth-order valence-electron chi connectivity index (χ4n) is 1.55. The lowest BCUT2D eigenvalue weighted by molar-refractivity contribution is 0.588. The highest BCUT2D eigenvalue weighted by Gasteiger charge is 2.27. The van der Waals surface area contributed by atoms with Gasteiger partial charge >= 0.3 is 0 Å². The zero-order chi connectivity index (χ0) is 12.3. The third-order valence-electron chi connectivity index (χ3n) is 2.24. The third-order valence-corrected chi connectivity index (χ3v) is 3.38.